The highest BCUT2D eigenvalue weighted by molar-refractivity contribution is 8.01. The zero-order chi connectivity index (χ0) is 15.0. The molecule has 1 atom stereocenters. The summed E-state index contributed by atoms with van der Waals surface area (Å²) in [7, 11) is 0. The summed E-state index contributed by atoms with van der Waals surface area (Å²) in [6.45, 7) is 8.62. The predicted molar refractivity (Wildman–Crippen MR) is 79.6 cm³/mol. The summed E-state index contributed by atoms with van der Waals surface area (Å²) in [4.78, 5) is 15.6. The van der Waals surface area contributed by atoms with Gasteiger partial charge in [-0.2, -0.15) is 5.26 Å². The van der Waals surface area contributed by atoms with Crippen molar-refractivity contribution in [3.8, 4) is 6.07 Å². The van der Waals surface area contributed by atoms with E-state index in [1.54, 1.807) is 6.07 Å². The molecule has 0 bridgehead atoms. The normalized spacial score (nSPS) is 11.3. The van der Waals surface area contributed by atoms with Crippen molar-refractivity contribution >= 4 is 29.7 Å². The number of pyridine rings is 1. The molecular formula is C13H13N3O2S2. The Bertz CT molecular complexity index is 564. The fraction of sp³-hybridized carbons (Fsp3) is 0.385. The topological polar surface area (TPSA) is 78.3 Å². The van der Waals surface area contributed by atoms with Crippen molar-refractivity contribution in [2.45, 2.75) is 24.2 Å². The van der Waals surface area contributed by atoms with Gasteiger partial charge in [0.15, 0.2) is 5.69 Å². The number of aromatic nitrogens is 1. The quantitative estimate of drug-likeness (QED) is 0.360. The second kappa shape index (κ2) is 8.47. The Hall–Kier alpha value is -1.70. The first-order chi connectivity index (χ1) is 9.63. The number of hydrogen-bond acceptors (Lipinski definition) is 5. The molecule has 7 heteroatoms. The Balaban J connectivity index is 3.00. The van der Waals surface area contributed by atoms with Gasteiger partial charge in [-0.1, -0.05) is 6.92 Å². The van der Waals surface area contributed by atoms with E-state index < -0.39 is 5.97 Å². The molecule has 1 rings (SSSR count). The van der Waals surface area contributed by atoms with Gasteiger partial charge in [-0.15, -0.1) is 11.8 Å². The highest BCUT2D eigenvalue weighted by Crippen LogP contribution is 2.27. The fourth-order valence-electron chi connectivity index (χ4n) is 1.60. The number of carboxylic acids is 1. The molecule has 0 spiro atoms. The lowest BCUT2D eigenvalue weighted by molar-refractivity contribution is 0.0686. The zero-order valence-corrected chi connectivity index (χ0v) is 12.5. The first-order valence-electron chi connectivity index (χ1n) is 5.88. The standard InChI is InChI=1S/C13H13N3O2S2/c1-3-19-11-6-10(8-16-12(11)13(17)18)9(7-14)4-5-20-15-2/h6,8-9H,3-5H2,1H3,(H,17,18). The highest BCUT2D eigenvalue weighted by atomic mass is 32.2. The molecule has 0 aliphatic heterocycles. The van der Waals surface area contributed by atoms with E-state index in [4.69, 9.17) is 11.7 Å². The van der Waals surface area contributed by atoms with Crippen LogP contribution in [0.3, 0.4) is 0 Å². The number of thioether (sulfide) groups is 1. The predicted octanol–water partition coefficient (Wildman–Crippen LogP) is 3.46. The molecule has 0 aliphatic carbocycles. The number of aromatic carboxylic acids is 1. The highest BCUT2D eigenvalue weighted by Gasteiger charge is 2.17. The van der Waals surface area contributed by atoms with E-state index in [-0.39, 0.29) is 11.6 Å². The molecule has 1 aromatic rings. The summed E-state index contributed by atoms with van der Waals surface area (Å²) in [6.07, 6.45) is 1.99. The van der Waals surface area contributed by atoms with Crippen molar-refractivity contribution in [1.29, 1.82) is 5.26 Å². The summed E-state index contributed by atoms with van der Waals surface area (Å²) in [6, 6.07) is 3.91. The molecule has 0 aliphatic rings. The zero-order valence-electron chi connectivity index (χ0n) is 10.9. The number of carbonyl (C=O) groups is 1. The van der Waals surface area contributed by atoms with Crippen molar-refractivity contribution in [3.05, 3.63) is 34.3 Å². The van der Waals surface area contributed by atoms with Crippen LogP contribution in [0.1, 0.15) is 35.3 Å². The summed E-state index contributed by atoms with van der Waals surface area (Å²) in [5.74, 6) is -0.130. The molecule has 1 unspecified atom stereocenters. The van der Waals surface area contributed by atoms with Gasteiger partial charge in [0.2, 0.25) is 0 Å². The molecular weight excluding hydrogens is 294 g/mol. The van der Waals surface area contributed by atoms with Crippen LogP contribution < -0.4 is 0 Å². The van der Waals surface area contributed by atoms with E-state index in [1.165, 1.54) is 18.0 Å². The minimum atomic E-state index is -1.07. The Morgan fingerprint density at radius 1 is 1.70 bits per heavy atom. The Labute approximate surface area is 126 Å². The number of nitrogens with zero attached hydrogens (tertiary/aromatic N) is 3. The van der Waals surface area contributed by atoms with Gasteiger partial charge in [0.1, 0.15) is 0 Å². The van der Waals surface area contributed by atoms with Crippen LogP contribution in [0.4, 0.5) is 0 Å². The molecule has 0 amide bonds. The van der Waals surface area contributed by atoms with Crippen LogP contribution in [0.25, 0.3) is 4.25 Å². The second-order valence-corrected chi connectivity index (χ2v) is 5.90. The van der Waals surface area contributed by atoms with Gasteiger partial charge in [-0.05, 0) is 23.8 Å². The van der Waals surface area contributed by atoms with Gasteiger partial charge >= 0.3 is 5.97 Å². The Morgan fingerprint density at radius 3 is 3.00 bits per heavy atom. The Kier molecular flexibility index (Phi) is 6.92. The number of carboxylic acid groups (broad SMARTS) is 1. The number of hydrogen-bond donors (Lipinski definition) is 1. The van der Waals surface area contributed by atoms with Crippen molar-refractivity contribution in [1.82, 2.24) is 4.98 Å². The van der Waals surface area contributed by atoms with Crippen LogP contribution in [-0.4, -0.2) is 27.6 Å². The molecule has 0 fully saturated rings. The second-order valence-electron chi connectivity index (χ2n) is 3.75. The molecule has 1 heterocycles. The van der Waals surface area contributed by atoms with E-state index in [0.717, 1.165) is 17.7 Å². The lowest BCUT2D eigenvalue weighted by Crippen LogP contribution is -2.06. The number of rotatable bonds is 7. The molecule has 20 heavy (non-hydrogen) atoms. The Morgan fingerprint density at radius 2 is 2.45 bits per heavy atom. The van der Waals surface area contributed by atoms with E-state index in [2.05, 4.69) is 15.3 Å². The number of nitriles is 1. The van der Waals surface area contributed by atoms with Crippen LogP contribution in [0.15, 0.2) is 17.2 Å². The fourth-order valence-corrected chi connectivity index (χ4v) is 2.84. The van der Waals surface area contributed by atoms with Gasteiger partial charge in [-0.3, -0.25) is 0 Å². The van der Waals surface area contributed by atoms with Crippen molar-refractivity contribution in [3.63, 3.8) is 0 Å². The minimum absolute atomic E-state index is 0.0211. The van der Waals surface area contributed by atoms with Crippen LogP contribution in [-0.2, 0) is 0 Å². The van der Waals surface area contributed by atoms with E-state index >= 15 is 0 Å². The maximum Gasteiger partial charge on any atom is 0.355 e. The summed E-state index contributed by atoms with van der Waals surface area (Å²) < 4.78 is 3.18. The summed E-state index contributed by atoms with van der Waals surface area (Å²) in [5.41, 5.74) is 0.729. The average molecular weight is 307 g/mol. The van der Waals surface area contributed by atoms with E-state index in [9.17, 15) is 10.1 Å². The molecule has 1 aromatic heterocycles. The largest absolute Gasteiger partial charge is 0.476 e. The van der Waals surface area contributed by atoms with Gasteiger partial charge in [0.25, 0.3) is 11.9 Å². The molecule has 0 saturated carbocycles. The van der Waals surface area contributed by atoms with Crippen molar-refractivity contribution < 1.29 is 9.90 Å². The first-order valence-corrected chi connectivity index (χ1v) is 7.81. The lowest BCUT2D eigenvalue weighted by Gasteiger charge is -2.10. The van der Waals surface area contributed by atoms with Gasteiger partial charge in [0.05, 0.1) is 17.7 Å². The first kappa shape index (κ1) is 16.4. The third-order valence-electron chi connectivity index (χ3n) is 2.50. The summed E-state index contributed by atoms with van der Waals surface area (Å²) in [5, 5.41) is 18.3. The van der Waals surface area contributed by atoms with Gasteiger partial charge < -0.3 is 5.11 Å². The average Bonchev–Trinajstić information content (AvgIpc) is 2.44. The molecule has 1 N–H and O–H groups in total. The van der Waals surface area contributed by atoms with Crippen molar-refractivity contribution in [2.75, 3.05) is 11.5 Å². The maximum atomic E-state index is 11.1. The van der Waals surface area contributed by atoms with Crippen molar-refractivity contribution in [2.24, 2.45) is 0 Å². The molecule has 104 valence electrons. The third-order valence-corrected chi connectivity index (χ3v) is 3.96. The molecule has 0 radical (unpaired) electrons. The van der Waals surface area contributed by atoms with E-state index in [0.29, 0.717) is 22.6 Å². The smallest absolute Gasteiger partial charge is 0.355 e. The van der Waals surface area contributed by atoms with Gasteiger partial charge in [-0.25, -0.2) is 20.6 Å². The van der Waals surface area contributed by atoms with Crippen LogP contribution in [0, 0.1) is 17.9 Å². The SMILES string of the molecule is [C-]#[N+]SCCC(C#N)c1cnc(C(=O)O)c(SCC)c1. The van der Waals surface area contributed by atoms with Crippen LogP contribution in [0.5, 0.6) is 0 Å². The van der Waals surface area contributed by atoms with Gasteiger partial charge in [0, 0.05) is 11.1 Å². The third kappa shape index (κ3) is 4.44. The minimum Gasteiger partial charge on any atom is -0.476 e. The molecule has 0 saturated heterocycles. The van der Waals surface area contributed by atoms with Crippen LogP contribution >= 0.6 is 23.7 Å². The molecule has 5 nitrogen and oxygen atoms in total. The summed E-state index contributed by atoms with van der Waals surface area (Å²) >= 11 is 2.48. The maximum absolute atomic E-state index is 11.1. The van der Waals surface area contributed by atoms with Crippen LogP contribution in [0.2, 0.25) is 0 Å². The monoisotopic (exact) mass is 307 g/mol. The molecule has 0 aromatic carbocycles. The lowest BCUT2D eigenvalue weighted by atomic mass is 10.00. The van der Waals surface area contributed by atoms with E-state index in [1.807, 2.05) is 6.92 Å².